The number of nitrogens with zero attached hydrogens (tertiary/aromatic N) is 2. The molecule has 2 aromatic carbocycles. The van der Waals surface area contributed by atoms with Crippen LogP contribution in [0.5, 0.6) is 0 Å². The third kappa shape index (κ3) is 4.63. The fourth-order valence-electron chi connectivity index (χ4n) is 1.74. The quantitative estimate of drug-likeness (QED) is 0.327. The van der Waals surface area contributed by atoms with Crippen LogP contribution in [-0.2, 0) is 44.7 Å². The molecule has 0 aliphatic rings. The largest absolute Gasteiger partial charge is 2.00 e. The van der Waals surface area contributed by atoms with E-state index in [1.807, 2.05) is 60.7 Å². The zero-order chi connectivity index (χ0) is 14.5. The van der Waals surface area contributed by atoms with Gasteiger partial charge in [0.05, 0.1) is 11.4 Å². The van der Waals surface area contributed by atoms with E-state index in [-0.39, 0.29) is 28.1 Å². The molecule has 0 amide bonds. The van der Waals surface area contributed by atoms with Gasteiger partial charge in [-0.2, -0.15) is 0 Å². The molecule has 2 nitrogen and oxygen atoms in total. The van der Waals surface area contributed by atoms with Gasteiger partial charge in [0.2, 0.25) is 0 Å². The van der Waals surface area contributed by atoms with Crippen LogP contribution >= 0.6 is 24.4 Å². The Morgan fingerprint density at radius 1 is 0.667 bits per heavy atom. The minimum absolute atomic E-state index is 0. The van der Waals surface area contributed by atoms with Gasteiger partial charge in [-0.25, -0.2) is 0 Å². The maximum Gasteiger partial charge on any atom is 2.00 e. The smallest absolute Gasteiger partial charge is 0.409 e. The topological polar surface area (TPSA) is 6.48 Å². The van der Waals surface area contributed by atoms with Gasteiger partial charge in [-0.1, -0.05) is 36.4 Å². The van der Waals surface area contributed by atoms with E-state index >= 15 is 0 Å². The van der Waals surface area contributed by atoms with Gasteiger partial charge in [0.15, 0.2) is 0 Å². The van der Waals surface area contributed by atoms with Crippen LogP contribution in [0.15, 0.2) is 60.7 Å². The third-order valence-electron chi connectivity index (χ3n) is 2.55. The first-order valence-electron chi connectivity index (χ1n) is 5.73. The van der Waals surface area contributed by atoms with Crippen molar-refractivity contribution in [1.82, 2.24) is 0 Å². The van der Waals surface area contributed by atoms with Crippen LogP contribution in [0, 0.1) is 0 Å². The molecule has 2 rings (SSSR count). The van der Waals surface area contributed by atoms with E-state index in [1.54, 1.807) is 10.0 Å². The second-order valence-corrected chi connectivity index (χ2v) is 5.89. The fraction of sp³-hybridized carbons (Fsp3) is 0. The molecular formula is C14H10N2S4Zn. The summed E-state index contributed by atoms with van der Waals surface area (Å²) in [6.45, 7) is 0. The van der Waals surface area contributed by atoms with Crippen molar-refractivity contribution in [3.8, 4) is 0 Å². The number of benzene rings is 2. The van der Waals surface area contributed by atoms with Crippen molar-refractivity contribution in [2.45, 2.75) is 0 Å². The molecule has 0 aliphatic carbocycles. The second-order valence-electron chi connectivity index (χ2n) is 3.83. The van der Waals surface area contributed by atoms with E-state index in [0.29, 0.717) is 0 Å². The number of hydrogen-bond acceptors (Lipinski definition) is 4. The van der Waals surface area contributed by atoms with Crippen LogP contribution in [0.2, 0.25) is 0 Å². The number of rotatable bonds is 2. The van der Waals surface area contributed by atoms with Crippen LogP contribution < -0.4 is 10.0 Å². The first-order valence-corrected chi connectivity index (χ1v) is 7.37. The Hall–Kier alpha value is -0.717. The molecule has 102 valence electrons. The van der Waals surface area contributed by atoms with E-state index in [4.69, 9.17) is 49.7 Å². The van der Waals surface area contributed by atoms with Crippen molar-refractivity contribution in [2.75, 3.05) is 10.0 Å². The molecular weight excluding hydrogens is 390 g/mol. The van der Waals surface area contributed by atoms with Crippen molar-refractivity contribution in [1.29, 1.82) is 0 Å². The molecule has 0 radical (unpaired) electrons. The van der Waals surface area contributed by atoms with Gasteiger partial charge in [0, 0.05) is 0 Å². The standard InChI is InChI=1S/C14H12N2S4.Zn/c17-13(18)15(11-7-3-1-4-8-11)16(14(19)20)12-9-5-2-6-10-12;/h1-10H,(H,17,18)(H,19,20);/q;+2/p-2. The summed E-state index contributed by atoms with van der Waals surface area (Å²) < 4.78 is 0.513. The van der Waals surface area contributed by atoms with Gasteiger partial charge in [-0.3, -0.25) is 10.0 Å². The maximum atomic E-state index is 5.19. The summed E-state index contributed by atoms with van der Waals surface area (Å²) in [5.41, 5.74) is 1.65. The molecule has 0 spiro atoms. The van der Waals surface area contributed by atoms with Crippen LogP contribution in [0.1, 0.15) is 0 Å². The molecule has 0 fully saturated rings. The van der Waals surface area contributed by atoms with Gasteiger partial charge in [0.25, 0.3) is 0 Å². The Morgan fingerprint density at radius 2 is 0.952 bits per heavy atom. The van der Waals surface area contributed by atoms with Gasteiger partial charge < -0.3 is 49.7 Å². The zero-order valence-electron chi connectivity index (χ0n) is 11.0. The summed E-state index contributed by atoms with van der Waals surface area (Å²) in [6.07, 6.45) is 0. The fourth-order valence-corrected chi connectivity index (χ4v) is 2.49. The van der Waals surface area contributed by atoms with Crippen molar-refractivity contribution >= 4 is 69.7 Å². The Balaban J connectivity index is 0.00000220. The Kier molecular flexibility index (Phi) is 7.56. The van der Waals surface area contributed by atoms with E-state index in [0.717, 1.165) is 11.4 Å². The summed E-state index contributed by atoms with van der Waals surface area (Å²) in [5, 5.41) is 3.32. The van der Waals surface area contributed by atoms with Crippen LogP contribution in [0.25, 0.3) is 0 Å². The molecule has 0 unspecified atom stereocenters. The Bertz CT molecular complexity index is 551. The van der Waals surface area contributed by atoms with Gasteiger partial charge in [0.1, 0.15) is 0 Å². The number of anilines is 2. The minimum atomic E-state index is 0. The Morgan fingerprint density at radius 3 is 1.19 bits per heavy atom. The number of hydrogen-bond donors (Lipinski definition) is 0. The average molecular weight is 400 g/mol. The van der Waals surface area contributed by atoms with E-state index in [2.05, 4.69) is 0 Å². The third-order valence-corrected chi connectivity index (χ3v) is 3.24. The maximum absolute atomic E-state index is 5.19. The molecule has 0 atom stereocenters. The molecule has 0 saturated heterocycles. The summed E-state index contributed by atoms with van der Waals surface area (Å²) in [4.78, 5) is 0. The van der Waals surface area contributed by atoms with Crippen molar-refractivity contribution in [3.63, 3.8) is 0 Å². The van der Waals surface area contributed by atoms with Gasteiger partial charge in [-0.15, -0.1) is 0 Å². The van der Waals surface area contributed by atoms with Crippen LogP contribution in [0.3, 0.4) is 0 Å². The summed E-state index contributed by atoms with van der Waals surface area (Å²) in [5.74, 6) is 0. The monoisotopic (exact) mass is 398 g/mol. The summed E-state index contributed by atoms with van der Waals surface area (Å²) in [6, 6.07) is 19.1. The predicted molar refractivity (Wildman–Crippen MR) is 97.8 cm³/mol. The molecule has 0 heterocycles. The predicted octanol–water partition coefficient (Wildman–Crippen LogP) is 3.58. The van der Waals surface area contributed by atoms with Crippen molar-refractivity contribution in [2.24, 2.45) is 0 Å². The molecule has 0 bridgehead atoms. The first-order chi connectivity index (χ1) is 9.61. The van der Waals surface area contributed by atoms with Gasteiger partial charge >= 0.3 is 19.5 Å². The second kappa shape index (κ2) is 8.66. The van der Waals surface area contributed by atoms with Crippen LogP contribution in [-0.4, -0.2) is 8.64 Å². The molecule has 0 aromatic heterocycles. The van der Waals surface area contributed by atoms with E-state index < -0.39 is 0 Å². The van der Waals surface area contributed by atoms with Crippen LogP contribution in [0.4, 0.5) is 11.4 Å². The number of para-hydroxylation sites is 2. The van der Waals surface area contributed by atoms with E-state index in [9.17, 15) is 0 Å². The van der Waals surface area contributed by atoms with E-state index in [1.165, 1.54) is 0 Å². The number of thiocarbonyl (C=S) groups is 2. The zero-order valence-corrected chi connectivity index (χ0v) is 17.2. The molecule has 7 heteroatoms. The number of hydrazine groups is 1. The average Bonchev–Trinajstić information content (AvgIpc) is 2.45. The molecule has 0 N–H and O–H groups in total. The minimum Gasteiger partial charge on any atom is -0.409 e. The molecule has 0 aliphatic heterocycles. The molecule has 2 aromatic rings. The summed E-state index contributed by atoms with van der Waals surface area (Å²) >= 11 is 20.8. The molecule has 0 saturated carbocycles. The normalized spacial score (nSPS) is 9.33. The summed E-state index contributed by atoms with van der Waals surface area (Å²) in [7, 11) is 0. The molecule has 21 heavy (non-hydrogen) atoms. The SMILES string of the molecule is S=C([S-])N(c1ccccc1)N(C(=S)[S-])c1ccccc1.[Zn+2]. The van der Waals surface area contributed by atoms with Gasteiger partial charge in [-0.05, 0) is 32.9 Å². The Labute approximate surface area is 159 Å². The van der Waals surface area contributed by atoms with Crippen molar-refractivity contribution in [3.05, 3.63) is 60.7 Å². The first kappa shape index (κ1) is 18.3. The van der Waals surface area contributed by atoms with Crippen molar-refractivity contribution < 1.29 is 19.5 Å².